The average Bonchev–Trinajstić information content (AvgIpc) is 2.56. The first kappa shape index (κ1) is 13.3. The molecule has 0 saturated carbocycles. The topological polar surface area (TPSA) is 38.1 Å². The average molecular weight is 243 g/mol. The fourth-order valence-electron chi connectivity index (χ4n) is 1.59. The zero-order valence-electron chi connectivity index (χ0n) is 10.1. The molecule has 3 nitrogen and oxygen atoms in total. The van der Waals surface area contributed by atoms with Crippen molar-refractivity contribution in [3.63, 3.8) is 0 Å². The lowest BCUT2D eigenvalue weighted by atomic mass is 9.86. The summed E-state index contributed by atoms with van der Waals surface area (Å²) in [5.74, 6) is 0. The van der Waals surface area contributed by atoms with E-state index in [-0.39, 0.29) is 12.0 Å². The second-order valence-electron chi connectivity index (χ2n) is 4.38. The summed E-state index contributed by atoms with van der Waals surface area (Å²) in [5, 5.41) is 14.4. The molecule has 0 aromatic carbocycles. The third-order valence-corrected chi connectivity index (χ3v) is 3.36. The van der Waals surface area contributed by atoms with Gasteiger partial charge in [-0.1, -0.05) is 31.5 Å². The zero-order chi connectivity index (χ0) is 12.3. The number of nitrogens with zero attached hydrogens (tertiary/aromatic N) is 2. The highest BCUT2D eigenvalue weighted by molar-refractivity contribution is 6.31. The van der Waals surface area contributed by atoms with E-state index in [4.69, 9.17) is 11.6 Å². The van der Waals surface area contributed by atoms with Crippen LogP contribution in [0.5, 0.6) is 0 Å². The summed E-state index contributed by atoms with van der Waals surface area (Å²) in [5.41, 5.74) is 1.51. The standard InChI is InChI=1S/C12H19ClN2O/c1-5-9-11(13)10(15(4)14-9)7-12(3,6-2)8-16/h6,16H,2,5,7-8H2,1,3-4H3. The molecule has 1 unspecified atom stereocenters. The molecule has 1 heterocycles. The van der Waals surface area contributed by atoms with Crippen LogP contribution in [0.2, 0.25) is 5.02 Å². The Labute approximate surface area is 102 Å². The van der Waals surface area contributed by atoms with Crippen LogP contribution in [0.1, 0.15) is 25.2 Å². The lowest BCUT2D eigenvalue weighted by molar-refractivity contribution is 0.182. The third-order valence-electron chi connectivity index (χ3n) is 2.93. The van der Waals surface area contributed by atoms with E-state index in [2.05, 4.69) is 11.7 Å². The van der Waals surface area contributed by atoms with E-state index < -0.39 is 0 Å². The van der Waals surface area contributed by atoms with Gasteiger partial charge < -0.3 is 5.11 Å². The number of aliphatic hydroxyl groups is 1. The molecule has 1 N–H and O–H groups in total. The molecular weight excluding hydrogens is 224 g/mol. The quantitative estimate of drug-likeness (QED) is 0.805. The largest absolute Gasteiger partial charge is 0.395 e. The van der Waals surface area contributed by atoms with Crippen LogP contribution in [-0.4, -0.2) is 21.5 Å². The summed E-state index contributed by atoms with van der Waals surface area (Å²) in [4.78, 5) is 0. The maximum atomic E-state index is 9.35. The maximum absolute atomic E-state index is 9.35. The Morgan fingerprint density at radius 1 is 1.62 bits per heavy atom. The predicted octanol–water partition coefficient (Wildman–Crippen LogP) is 2.36. The normalized spacial score (nSPS) is 14.8. The summed E-state index contributed by atoms with van der Waals surface area (Å²) >= 11 is 6.25. The van der Waals surface area contributed by atoms with Crippen LogP contribution in [-0.2, 0) is 19.9 Å². The van der Waals surface area contributed by atoms with Gasteiger partial charge in [-0.15, -0.1) is 6.58 Å². The number of rotatable bonds is 5. The number of aliphatic hydroxyl groups excluding tert-OH is 1. The highest BCUT2D eigenvalue weighted by atomic mass is 35.5. The van der Waals surface area contributed by atoms with Gasteiger partial charge in [0.2, 0.25) is 0 Å². The first-order valence-corrected chi connectivity index (χ1v) is 5.80. The van der Waals surface area contributed by atoms with Gasteiger partial charge in [0.05, 0.1) is 23.0 Å². The summed E-state index contributed by atoms with van der Waals surface area (Å²) in [6.45, 7) is 7.79. The minimum atomic E-state index is -0.345. The lowest BCUT2D eigenvalue weighted by Crippen LogP contribution is -2.22. The van der Waals surface area contributed by atoms with Gasteiger partial charge in [-0.3, -0.25) is 4.68 Å². The molecule has 0 amide bonds. The first-order chi connectivity index (χ1) is 7.47. The van der Waals surface area contributed by atoms with Crippen molar-refractivity contribution in [1.29, 1.82) is 0 Å². The predicted molar refractivity (Wildman–Crippen MR) is 66.7 cm³/mol. The summed E-state index contributed by atoms with van der Waals surface area (Å²) in [6.07, 6.45) is 3.23. The second-order valence-corrected chi connectivity index (χ2v) is 4.76. The molecule has 0 saturated heterocycles. The Bertz CT molecular complexity index is 387. The Morgan fingerprint density at radius 2 is 2.25 bits per heavy atom. The van der Waals surface area contributed by atoms with Gasteiger partial charge in [-0.2, -0.15) is 5.10 Å². The van der Waals surface area contributed by atoms with Crippen molar-refractivity contribution in [1.82, 2.24) is 9.78 Å². The molecular formula is C12H19ClN2O. The molecule has 16 heavy (non-hydrogen) atoms. The Morgan fingerprint density at radius 3 is 2.62 bits per heavy atom. The van der Waals surface area contributed by atoms with Gasteiger partial charge in [0.1, 0.15) is 0 Å². The molecule has 1 atom stereocenters. The smallest absolute Gasteiger partial charge is 0.0850 e. The summed E-state index contributed by atoms with van der Waals surface area (Å²) in [6, 6.07) is 0. The minimum Gasteiger partial charge on any atom is -0.395 e. The van der Waals surface area contributed by atoms with E-state index in [1.54, 1.807) is 10.8 Å². The van der Waals surface area contributed by atoms with Crippen LogP contribution in [0.3, 0.4) is 0 Å². The van der Waals surface area contributed by atoms with E-state index in [9.17, 15) is 5.11 Å². The first-order valence-electron chi connectivity index (χ1n) is 5.42. The van der Waals surface area contributed by atoms with Crippen molar-refractivity contribution >= 4 is 11.6 Å². The number of halogens is 1. The SMILES string of the molecule is C=CC(C)(CO)Cc1c(Cl)c(CC)nn1C. The fraction of sp³-hybridized carbons (Fsp3) is 0.583. The molecule has 0 aliphatic heterocycles. The molecule has 0 aliphatic rings. The number of aromatic nitrogens is 2. The van der Waals surface area contributed by atoms with Gasteiger partial charge in [-0.25, -0.2) is 0 Å². The summed E-state index contributed by atoms with van der Waals surface area (Å²) in [7, 11) is 1.88. The van der Waals surface area contributed by atoms with Crippen LogP contribution < -0.4 is 0 Å². The van der Waals surface area contributed by atoms with Gasteiger partial charge >= 0.3 is 0 Å². The van der Waals surface area contributed by atoms with Crippen LogP contribution in [0.15, 0.2) is 12.7 Å². The lowest BCUT2D eigenvalue weighted by Gasteiger charge is -2.22. The van der Waals surface area contributed by atoms with Crippen molar-refractivity contribution in [2.45, 2.75) is 26.7 Å². The Hall–Kier alpha value is -0.800. The van der Waals surface area contributed by atoms with Crippen molar-refractivity contribution in [2.24, 2.45) is 12.5 Å². The van der Waals surface area contributed by atoms with E-state index >= 15 is 0 Å². The Balaban J connectivity index is 3.05. The highest BCUT2D eigenvalue weighted by Crippen LogP contribution is 2.29. The van der Waals surface area contributed by atoms with Gasteiger partial charge in [0.15, 0.2) is 0 Å². The molecule has 1 rings (SSSR count). The monoisotopic (exact) mass is 242 g/mol. The van der Waals surface area contributed by atoms with E-state index in [0.29, 0.717) is 11.4 Å². The van der Waals surface area contributed by atoms with Gasteiger partial charge in [0, 0.05) is 18.9 Å². The number of hydrogen-bond donors (Lipinski definition) is 1. The molecule has 0 spiro atoms. The van der Waals surface area contributed by atoms with Crippen molar-refractivity contribution in [3.8, 4) is 0 Å². The fourth-order valence-corrected chi connectivity index (χ4v) is 1.95. The van der Waals surface area contributed by atoms with Crippen molar-refractivity contribution < 1.29 is 5.11 Å². The number of aryl methyl sites for hydroxylation is 2. The van der Waals surface area contributed by atoms with Crippen molar-refractivity contribution in [2.75, 3.05) is 6.61 Å². The van der Waals surface area contributed by atoms with Crippen LogP contribution in [0, 0.1) is 5.41 Å². The van der Waals surface area contributed by atoms with E-state index in [1.165, 1.54) is 0 Å². The molecule has 1 aromatic rings. The molecule has 0 aliphatic carbocycles. The highest BCUT2D eigenvalue weighted by Gasteiger charge is 2.24. The molecule has 1 aromatic heterocycles. The molecule has 90 valence electrons. The Kier molecular flexibility index (Phi) is 4.16. The van der Waals surface area contributed by atoms with E-state index in [0.717, 1.165) is 17.8 Å². The van der Waals surface area contributed by atoms with Crippen LogP contribution in [0.4, 0.5) is 0 Å². The van der Waals surface area contributed by atoms with Crippen molar-refractivity contribution in [3.05, 3.63) is 29.1 Å². The van der Waals surface area contributed by atoms with Gasteiger partial charge in [0.25, 0.3) is 0 Å². The maximum Gasteiger partial charge on any atom is 0.0850 e. The summed E-state index contributed by atoms with van der Waals surface area (Å²) < 4.78 is 1.79. The molecule has 0 radical (unpaired) electrons. The number of hydrogen-bond acceptors (Lipinski definition) is 2. The molecule has 0 bridgehead atoms. The molecule has 4 heteroatoms. The second kappa shape index (κ2) is 5.02. The third kappa shape index (κ3) is 2.47. The zero-order valence-corrected chi connectivity index (χ0v) is 10.9. The van der Waals surface area contributed by atoms with E-state index in [1.807, 2.05) is 20.9 Å². The van der Waals surface area contributed by atoms with Crippen LogP contribution >= 0.6 is 11.6 Å². The van der Waals surface area contributed by atoms with Crippen LogP contribution in [0.25, 0.3) is 0 Å². The molecule has 0 fully saturated rings. The minimum absolute atomic E-state index is 0.0550. The van der Waals surface area contributed by atoms with Gasteiger partial charge in [-0.05, 0) is 6.42 Å².